The molecule has 2 atom stereocenters. The minimum atomic E-state index is -0.0872. The molecule has 0 radical (unpaired) electrons. The first-order chi connectivity index (χ1) is 15.7. The third-order valence-corrected chi connectivity index (χ3v) is 6.47. The molecule has 33 heavy (non-hydrogen) atoms. The molecule has 5 nitrogen and oxygen atoms in total. The number of carbonyl (C=O) groups is 1. The van der Waals surface area contributed by atoms with Crippen LogP contribution < -0.4 is 10.6 Å². The van der Waals surface area contributed by atoms with Gasteiger partial charge in [0.2, 0.25) is 5.91 Å². The van der Waals surface area contributed by atoms with Gasteiger partial charge in [0.05, 0.1) is 0 Å². The number of benzene rings is 1. The molecule has 4 rings (SSSR count). The van der Waals surface area contributed by atoms with Crippen molar-refractivity contribution in [3.05, 3.63) is 82.9 Å². The average Bonchev–Trinajstić information content (AvgIpc) is 3.26. The second-order valence-corrected chi connectivity index (χ2v) is 10.2. The van der Waals surface area contributed by atoms with Crippen molar-refractivity contribution in [3.8, 4) is 0 Å². The van der Waals surface area contributed by atoms with E-state index in [1.165, 1.54) is 27.9 Å². The van der Waals surface area contributed by atoms with Crippen molar-refractivity contribution in [1.29, 1.82) is 0 Å². The third kappa shape index (κ3) is 5.08. The summed E-state index contributed by atoms with van der Waals surface area (Å²) in [5, 5.41) is 6.94. The summed E-state index contributed by atoms with van der Waals surface area (Å²) in [6.07, 6.45) is 8.75. The maximum absolute atomic E-state index is 13.2. The molecule has 0 bridgehead atoms. The van der Waals surface area contributed by atoms with Crippen molar-refractivity contribution in [2.45, 2.75) is 59.3 Å². The van der Waals surface area contributed by atoms with Crippen LogP contribution in [0.2, 0.25) is 0 Å². The fourth-order valence-electron chi connectivity index (χ4n) is 4.79. The lowest BCUT2D eigenvalue weighted by Crippen LogP contribution is -2.22. The SMILES string of the molecule is CC(c1ccncc1)c1cc2c(c(C(C)c3ccncc3)c1NC(=O)CC(C)(C)C)CCN2. The molecule has 0 saturated heterocycles. The third-order valence-electron chi connectivity index (χ3n) is 6.47. The van der Waals surface area contributed by atoms with Gasteiger partial charge in [0, 0.05) is 61.0 Å². The van der Waals surface area contributed by atoms with Crippen molar-refractivity contribution in [3.63, 3.8) is 0 Å². The standard InChI is InChI=1S/C28H34N4O/c1-18(20-6-11-29-12-7-20)23-16-24-22(10-15-31-24)26(19(2)21-8-13-30-14-9-21)27(23)32-25(33)17-28(3,4)5/h6-9,11-14,16,18-19,31H,10,15,17H2,1-5H3,(H,32,33). The van der Waals surface area contributed by atoms with E-state index in [0.29, 0.717) is 6.42 Å². The first-order valence-corrected chi connectivity index (χ1v) is 11.8. The van der Waals surface area contributed by atoms with Crippen molar-refractivity contribution >= 4 is 17.3 Å². The smallest absolute Gasteiger partial charge is 0.224 e. The van der Waals surface area contributed by atoms with Gasteiger partial charge in [0.25, 0.3) is 0 Å². The van der Waals surface area contributed by atoms with Crippen LogP contribution in [0, 0.1) is 5.41 Å². The Bertz CT molecular complexity index is 1120. The van der Waals surface area contributed by atoms with Crippen LogP contribution in [0.25, 0.3) is 0 Å². The molecule has 0 saturated carbocycles. The van der Waals surface area contributed by atoms with Crippen LogP contribution in [0.15, 0.2) is 55.1 Å². The molecule has 2 aromatic heterocycles. The van der Waals surface area contributed by atoms with Gasteiger partial charge < -0.3 is 10.6 Å². The average molecular weight is 443 g/mol. The summed E-state index contributed by atoms with van der Waals surface area (Å²) < 4.78 is 0. The zero-order chi connectivity index (χ0) is 23.6. The number of pyridine rings is 2. The van der Waals surface area contributed by atoms with Crippen LogP contribution in [-0.2, 0) is 11.2 Å². The monoisotopic (exact) mass is 442 g/mol. The maximum atomic E-state index is 13.2. The van der Waals surface area contributed by atoms with Gasteiger partial charge in [-0.05, 0) is 70.0 Å². The Morgan fingerprint density at radius 2 is 1.58 bits per heavy atom. The minimum absolute atomic E-state index is 0.0553. The second kappa shape index (κ2) is 9.34. The zero-order valence-electron chi connectivity index (χ0n) is 20.3. The van der Waals surface area contributed by atoms with Gasteiger partial charge in [-0.25, -0.2) is 0 Å². The van der Waals surface area contributed by atoms with Gasteiger partial charge in [-0.1, -0.05) is 34.6 Å². The molecular formula is C28H34N4O. The van der Waals surface area contributed by atoms with Gasteiger partial charge in [-0.2, -0.15) is 0 Å². The number of fused-ring (bicyclic) bond motifs is 1. The van der Waals surface area contributed by atoms with E-state index in [9.17, 15) is 4.79 Å². The summed E-state index contributed by atoms with van der Waals surface area (Å²) in [5.41, 5.74) is 8.06. The number of nitrogens with zero attached hydrogens (tertiary/aromatic N) is 2. The highest BCUT2D eigenvalue weighted by Crippen LogP contribution is 2.45. The lowest BCUT2D eigenvalue weighted by atomic mass is 9.82. The number of rotatable bonds is 6. The van der Waals surface area contributed by atoms with E-state index in [1.807, 2.05) is 24.8 Å². The summed E-state index contributed by atoms with van der Waals surface area (Å²) in [4.78, 5) is 21.6. The van der Waals surface area contributed by atoms with Crippen LogP contribution in [0.1, 0.15) is 80.7 Å². The molecule has 172 valence electrons. The summed E-state index contributed by atoms with van der Waals surface area (Å²) >= 11 is 0. The largest absolute Gasteiger partial charge is 0.384 e. The predicted molar refractivity (Wildman–Crippen MR) is 135 cm³/mol. The Balaban J connectivity index is 1.89. The van der Waals surface area contributed by atoms with E-state index in [0.717, 1.165) is 24.2 Å². The van der Waals surface area contributed by atoms with Crippen LogP contribution in [-0.4, -0.2) is 22.4 Å². The molecule has 2 unspecified atom stereocenters. The van der Waals surface area contributed by atoms with Crippen molar-refractivity contribution in [2.24, 2.45) is 5.41 Å². The Morgan fingerprint density at radius 3 is 2.15 bits per heavy atom. The van der Waals surface area contributed by atoms with E-state index >= 15 is 0 Å². The molecular weight excluding hydrogens is 408 g/mol. The molecule has 1 amide bonds. The van der Waals surface area contributed by atoms with Crippen LogP contribution in [0.3, 0.4) is 0 Å². The number of hydrogen-bond donors (Lipinski definition) is 2. The summed E-state index contributed by atoms with van der Waals surface area (Å²) in [5.74, 6) is 0.282. The van der Waals surface area contributed by atoms with Crippen LogP contribution in [0.4, 0.5) is 11.4 Å². The van der Waals surface area contributed by atoms with E-state index < -0.39 is 0 Å². The topological polar surface area (TPSA) is 66.9 Å². The number of nitrogens with one attached hydrogen (secondary N) is 2. The Kier molecular flexibility index (Phi) is 6.50. The molecule has 1 aliphatic heterocycles. The van der Waals surface area contributed by atoms with Crippen LogP contribution in [0.5, 0.6) is 0 Å². The van der Waals surface area contributed by atoms with Crippen LogP contribution >= 0.6 is 0 Å². The molecule has 0 spiro atoms. The quantitative estimate of drug-likeness (QED) is 0.482. The summed E-state index contributed by atoms with van der Waals surface area (Å²) in [7, 11) is 0. The summed E-state index contributed by atoms with van der Waals surface area (Å²) in [6.45, 7) is 11.6. The molecule has 0 aliphatic carbocycles. The van der Waals surface area contributed by atoms with Gasteiger partial charge in [0.1, 0.15) is 0 Å². The summed E-state index contributed by atoms with van der Waals surface area (Å²) in [6, 6.07) is 10.5. The number of hydrogen-bond acceptors (Lipinski definition) is 4. The number of aromatic nitrogens is 2. The molecule has 0 fully saturated rings. The van der Waals surface area contributed by atoms with Crippen molar-refractivity contribution in [2.75, 3.05) is 17.2 Å². The van der Waals surface area contributed by atoms with E-state index in [1.54, 1.807) is 0 Å². The Morgan fingerprint density at radius 1 is 1.00 bits per heavy atom. The molecule has 1 aliphatic rings. The highest BCUT2D eigenvalue weighted by Gasteiger charge is 2.29. The lowest BCUT2D eigenvalue weighted by molar-refractivity contribution is -0.117. The number of carbonyl (C=O) groups excluding carboxylic acids is 1. The van der Waals surface area contributed by atoms with Gasteiger partial charge in [0.15, 0.2) is 0 Å². The second-order valence-electron chi connectivity index (χ2n) is 10.2. The first kappa shape index (κ1) is 23.0. The fraction of sp³-hybridized carbons (Fsp3) is 0.393. The minimum Gasteiger partial charge on any atom is -0.384 e. The van der Waals surface area contributed by atoms with Crippen molar-refractivity contribution in [1.82, 2.24) is 9.97 Å². The number of amides is 1. The van der Waals surface area contributed by atoms with E-state index in [-0.39, 0.29) is 23.2 Å². The van der Waals surface area contributed by atoms with Gasteiger partial charge in [-0.3, -0.25) is 14.8 Å². The molecule has 1 aromatic carbocycles. The lowest BCUT2D eigenvalue weighted by Gasteiger charge is -2.27. The molecule has 2 N–H and O–H groups in total. The maximum Gasteiger partial charge on any atom is 0.224 e. The fourth-order valence-corrected chi connectivity index (χ4v) is 4.79. The molecule has 3 aromatic rings. The zero-order valence-corrected chi connectivity index (χ0v) is 20.3. The Labute approximate surface area is 197 Å². The molecule has 5 heteroatoms. The normalized spacial score (nSPS) is 14.8. The highest BCUT2D eigenvalue weighted by atomic mass is 16.1. The van der Waals surface area contributed by atoms with E-state index in [2.05, 4.69) is 85.6 Å². The van der Waals surface area contributed by atoms with Crippen molar-refractivity contribution < 1.29 is 4.79 Å². The van der Waals surface area contributed by atoms with Gasteiger partial charge >= 0.3 is 0 Å². The number of anilines is 2. The molecule has 3 heterocycles. The predicted octanol–water partition coefficient (Wildman–Crippen LogP) is 6.12. The van der Waals surface area contributed by atoms with Gasteiger partial charge in [-0.15, -0.1) is 0 Å². The first-order valence-electron chi connectivity index (χ1n) is 11.8. The van der Waals surface area contributed by atoms with E-state index in [4.69, 9.17) is 0 Å². The highest BCUT2D eigenvalue weighted by molar-refractivity contribution is 5.94. The Hall–Kier alpha value is -3.21.